The number of likely N-dealkylation sites (N-methyl/N-ethyl adjacent to an activating group) is 1. The summed E-state index contributed by atoms with van der Waals surface area (Å²) in [5.41, 5.74) is 8.14. The molecular weight excluding hydrogens is 517 g/mol. The Hall–Kier alpha value is -3.70. The maximum absolute atomic E-state index is 12.6. The van der Waals surface area contributed by atoms with Gasteiger partial charge in [-0.2, -0.15) is 14.3 Å². The monoisotopic (exact) mass is 558 g/mol. The van der Waals surface area contributed by atoms with Crippen LogP contribution in [-0.2, 0) is 6.54 Å². The van der Waals surface area contributed by atoms with E-state index >= 15 is 0 Å². The fraction of sp³-hybridized carbons (Fsp3) is 0.414. The predicted molar refractivity (Wildman–Crippen MR) is 155 cm³/mol. The number of nitrogens with two attached hydrogens (primary N) is 1. The molecule has 2 aliphatic rings. The van der Waals surface area contributed by atoms with Gasteiger partial charge in [-0.3, -0.25) is 4.90 Å². The lowest BCUT2D eigenvalue weighted by molar-refractivity contribution is -0.0267. The van der Waals surface area contributed by atoms with Crippen molar-refractivity contribution >= 4 is 5.82 Å². The van der Waals surface area contributed by atoms with Crippen molar-refractivity contribution in [1.82, 2.24) is 30.2 Å². The molecule has 0 aromatic carbocycles. The molecular formula is C29H41F3N8. The van der Waals surface area contributed by atoms with E-state index in [1.807, 2.05) is 12.2 Å². The SMILES string of the molecule is C=C/C=C(\C=C)CNC(=C)C1CCCN1C.C=CCn1ncc(N2CC(F)(F)C2)n1.CC(N)c1cccnc1F. The lowest BCUT2D eigenvalue weighted by atomic mass is 10.1. The molecule has 40 heavy (non-hydrogen) atoms. The van der Waals surface area contributed by atoms with E-state index in [0.29, 0.717) is 24.0 Å². The number of allylic oxidation sites excluding steroid dienone is 3. The maximum Gasteiger partial charge on any atom is 0.282 e. The third-order valence-corrected chi connectivity index (χ3v) is 6.30. The molecule has 2 fully saturated rings. The van der Waals surface area contributed by atoms with Crippen molar-refractivity contribution in [1.29, 1.82) is 0 Å². The number of aromatic nitrogens is 4. The first-order valence-corrected chi connectivity index (χ1v) is 13.1. The van der Waals surface area contributed by atoms with Crippen LogP contribution in [0.15, 0.2) is 86.4 Å². The van der Waals surface area contributed by atoms with Gasteiger partial charge >= 0.3 is 0 Å². The van der Waals surface area contributed by atoms with Crippen molar-refractivity contribution in [2.24, 2.45) is 5.73 Å². The summed E-state index contributed by atoms with van der Waals surface area (Å²) in [6.07, 6.45) is 12.6. The van der Waals surface area contributed by atoms with Crippen LogP contribution in [-0.4, -0.2) is 70.1 Å². The van der Waals surface area contributed by atoms with Gasteiger partial charge in [-0.15, -0.1) is 11.7 Å². The van der Waals surface area contributed by atoms with Crippen LogP contribution in [0.2, 0.25) is 0 Å². The number of pyridine rings is 1. The van der Waals surface area contributed by atoms with Gasteiger partial charge < -0.3 is 16.0 Å². The zero-order valence-corrected chi connectivity index (χ0v) is 23.4. The van der Waals surface area contributed by atoms with Gasteiger partial charge in [0.2, 0.25) is 5.95 Å². The Balaban J connectivity index is 0.000000216. The Morgan fingerprint density at radius 3 is 2.52 bits per heavy atom. The predicted octanol–water partition coefficient (Wildman–Crippen LogP) is 4.64. The second-order valence-corrected chi connectivity index (χ2v) is 9.63. The van der Waals surface area contributed by atoms with Crippen LogP contribution in [0.4, 0.5) is 19.0 Å². The highest BCUT2D eigenvalue weighted by molar-refractivity contribution is 5.39. The Morgan fingerprint density at radius 2 is 2.02 bits per heavy atom. The Kier molecular flexibility index (Phi) is 12.8. The number of likely N-dealkylation sites (tertiary alicyclic amines) is 1. The fourth-order valence-corrected chi connectivity index (χ4v) is 4.08. The van der Waals surface area contributed by atoms with E-state index in [1.54, 1.807) is 31.2 Å². The minimum Gasteiger partial charge on any atom is -0.383 e. The molecule has 0 spiro atoms. The van der Waals surface area contributed by atoms with Crippen molar-refractivity contribution in [2.45, 2.75) is 44.3 Å². The second kappa shape index (κ2) is 15.8. The summed E-state index contributed by atoms with van der Waals surface area (Å²) in [6.45, 7) is 18.7. The molecule has 2 saturated heterocycles. The molecule has 2 aromatic heterocycles. The number of anilines is 1. The number of halogens is 3. The van der Waals surface area contributed by atoms with Crippen LogP contribution in [0.5, 0.6) is 0 Å². The lowest BCUT2D eigenvalue weighted by Crippen LogP contribution is -2.56. The summed E-state index contributed by atoms with van der Waals surface area (Å²) in [7, 11) is 2.15. The first kappa shape index (κ1) is 32.5. The second-order valence-electron chi connectivity index (χ2n) is 9.63. The molecule has 4 heterocycles. The van der Waals surface area contributed by atoms with Crippen LogP contribution in [0.3, 0.4) is 0 Å². The molecule has 0 saturated carbocycles. The molecule has 8 nitrogen and oxygen atoms in total. The molecule has 2 aliphatic heterocycles. The van der Waals surface area contributed by atoms with Crippen LogP contribution >= 0.6 is 0 Å². The van der Waals surface area contributed by atoms with E-state index in [4.69, 9.17) is 5.73 Å². The largest absolute Gasteiger partial charge is 0.383 e. The molecule has 0 aliphatic carbocycles. The molecule has 2 unspecified atom stereocenters. The number of hydrogen-bond acceptors (Lipinski definition) is 7. The lowest BCUT2D eigenvalue weighted by Gasteiger charge is -2.38. The van der Waals surface area contributed by atoms with Crippen molar-refractivity contribution < 1.29 is 13.2 Å². The van der Waals surface area contributed by atoms with Crippen molar-refractivity contribution in [3.63, 3.8) is 0 Å². The zero-order chi connectivity index (χ0) is 29.7. The van der Waals surface area contributed by atoms with Crippen LogP contribution in [0.25, 0.3) is 0 Å². The summed E-state index contributed by atoms with van der Waals surface area (Å²) in [5, 5.41) is 11.3. The van der Waals surface area contributed by atoms with Crippen LogP contribution in [0.1, 0.15) is 31.4 Å². The van der Waals surface area contributed by atoms with Gasteiger partial charge in [0.1, 0.15) is 0 Å². The maximum atomic E-state index is 12.6. The zero-order valence-electron chi connectivity index (χ0n) is 23.4. The summed E-state index contributed by atoms with van der Waals surface area (Å²) in [6, 6.07) is 3.50. The Morgan fingerprint density at radius 1 is 1.30 bits per heavy atom. The van der Waals surface area contributed by atoms with E-state index in [9.17, 15) is 13.2 Å². The molecule has 4 rings (SSSR count). The van der Waals surface area contributed by atoms with E-state index in [-0.39, 0.29) is 19.1 Å². The molecule has 0 amide bonds. The first-order valence-electron chi connectivity index (χ1n) is 13.1. The minimum atomic E-state index is -2.57. The average Bonchev–Trinajstić information content (AvgIpc) is 3.55. The van der Waals surface area contributed by atoms with Crippen molar-refractivity contribution in [3.8, 4) is 0 Å². The van der Waals surface area contributed by atoms with Gasteiger partial charge in [0.05, 0.1) is 25.8 Å². The number of alkyl halides is 2. The summed E-state index contributed by atoms with van der Waals surface area (Å²) in [5.74, 6) is -2.54. The average molecular weight is 559 g/mol. The Bertz CT molecular complexity index is 1150. The van der Waals surface area contributed by atoms with Crippen LogP contribution < -0.4 is 16.0 Å². The third-order valence-electron chi connectivity index (χ3n) is 6.30. The third kappa shape index (κ3) is 10.1. The number of nitrogens with one attached hydrogen (secondary N) is 1. The standard InChI is InChI=1S/C14H22N2.C8H10F2N4.C7H9FN2/c1-5-8-13(6-2)11-15-12(3)14-9-7-10-16(14)4;1-2-3-14-11-4-7(12-14)13-5-8(9,10)6-13;1-5(9)6-3-2-4-10-7(6)8/h5-6,8,14-15H,1-3,7,9-11H2,4H3;2,4H,1,3,5-6H2;2-5H,9H2,1H3/b13-8+;;. The molecule has 0 radical (unpaired) electrons. The van der Waals surface area contributed by atoms with Crippen molar-refractivity contribution in [3.05, 3.63) is 97.9 Å². The molecule has 11 heteroatoms. The van der Waals surface area contributed by atoms with Gasteiger partial charge in [-0.05, 0) is 45.0 Å². The summed E-state index contributed by atoms with van der Waals surface area (Å²) < 4.78 is 37.7. The minimum absolute atomic E-state index is 0.264. The summed E-state index contributed by atoms with van der Waals surface area (Å²) in [4.78, 5) is 8.71. The van der Waals surface area contributed by atoms with Gasteiger partial charge in [0.25, 0.3) is 5.92 Å². The van der Waals surface area contributed by atoms with E-state index in [0.717, 1.165) is 17.8 Å². The molecule has 2 atom stereocenters. The van der Waals surface area contributed by atoms with Gasteiger partial charge in [0.15, 0.2) is 5.82 Å². The summed E-state index contributed by atoms with van der Waals surface area (Å²) >= 11 is 0. The normalized spacial score (nSPS) is 18.7. The number of hydrogen-bond donors (Lipinski definition) is 2. The quantitative estimate of drug-likeness (QED) is 0.250. The fourth-order valence-electron chi connectivity index (χ4n) is 4.08. The molecule has 0 bridgehead atoms. The van der Waals surface area contributed by atoms with E-state index in [2.05, 4.69) is 58.8 Å². The topological polar surface area (TPSA) is 88.1 Å². The molecule has 2 aromatic rings. The highest BCUT2D eigenvalue weighted by Crippen LogP contribution is 2.29. The highest BCUT2D eigenvalue weighted by Gasteiger charge is 2.44. The van der Waals surface area contributed by atoms with Crippen LogP contribution in [0, 0.1) is 5.95 Å². The van der Waals surface area contributed by atoms with Gasteiger partial charge in [-0.1, -0.05) is 50.1 Å². The number of nitrogens with zero attached hydrogens (tertiary/aromatic N) is 6. The molecule has 3 N–H and O–H groups in total. The van der Waals surface area contributed by atoms with Crippen molar-refractivity contribution in [2.75, 3.05) is 38.1 Å². The Labute approximate surface area is 235 Å². The highest BCUT2D eigenvalue weighted by atomic mass is 19.3. The molecule has 218 valence electrons. The van der Waals surface area contributed by atoms with Gasteiger partial charge in [-0.25, -0.2) is 13.8 Å². The van der Waals surface area contributed by atoms with Gasteiger partial charge in [0, 0.05) is 36.1 Å². The smallest absolute Gasteiger partial charge is 0.282 e. The van der Waals surface area contributed by atoms with E-state index < -0.39 is 11.9 Å². The first-order chi connectivity index (χ1) is 19.0. The van der Waals surface area contributed by atoms with E-state index in [1.165, 1.54) is 41.5 Å². The number of rotatable bonds is 10.